The molecule has 1 aromatic carbocycles. The molecule has 0 radical (unpaired) electrons. The van der Waals surface area contributed by atoms with Gasteiger partial charge >= 0.3 is 0 Å². The summed E-state index contributed by atoms with van der Waals surface area (Å²) in [5.41, 5.74) is 5.60. The van der Waals surface area contributed by atoms with Crippen molar-refractivity contribution in [3.63, 3.8) is 0 Å². The number of carbonyl (C=O) groups excluding carboxylic acids is 2. The zero-order valence-electron chi connectivity index (χ0n) is 11.7. The van der Waals surface area contributed by atoms with Crippen LogP contribution in [0.2, 0.25) is 0 Å². The van der Waals surface area contributed by atoms with Gasteiger partial charge in [0, 0.05) is 6.04 Å². The highest BCUT2D eigenvalue weighted by Gasteiger charge is 2.41. The number of anilines is 1. The first-order valence-electron chi connectivity index (χ1n) is 6.40. The number of benzene rings is 1. The van der Waals surface area contributed by atoms with Crippen molar-refractivity contribution in [1.29, 1.82) is 0 Å². The van der Waals surface area contributed by atoms with Gasteiger partial charge in [-0.05, 0) is 38.5 Å². The van der Waals surface area contributed by atoms with Crippen molar-refractivity contribution in [2.45, 2.75) is 32.4 Å². The van der Waals surface area contributed by atoms with Crippen molar-refractivity contribution >= 4 is 17.5 Å². The number of hydrogen-bond acceptors (Lipinski definition) is 4. The Labute approximate surface area is 116 Å². The molecule has 5 nitrogen and oxygen atoms in total. The number of carbonyl (C=O) groups is 2. The molecule has 20 heavy (non-hydrogen) atoms. The second-order valence-electron chi connectivity index (χ2n) is 5.52. The summed E-state index contributed by atoms with van der Waals surface area (Å²) in [4.78, 5) is 24.9. The molecule has 1 aliphatic heterocycles. The van der Waals surface area contributed by atoms with Gasteiger partial charge in [0.1, 0.15) is 11.4 Å². The monoisotopic (exact) mass is 279 g/mol. The number of nitrogens with two attached hydrogens (primary N) is 1. The van der Waals surface area contributed by atoms with Crippen LogP contribution < -0.4 is 16.0 Å². The number of amides is 2. The van der Waals surface area contributed by atoms with E-state index in [1.165, 1.54) is 11.0 Å². The minimum atomic E-state index is -0.995. The molecule has 1 aliphatic rings. The average Bonchev–Trinajstić information content (AvgIpc) is 2.34. The van der Waals surface area contributed by atoms with Crippen LogP contribution in [0.15, 0.2) is 18.2 Å². The van der Waals surface area contributed by atoms with Crippen LogP contribution in [-0.2, 0) is 9.59 Å². The van der Waals surface area contributed by atoms with Crippen LogP contribution in [0.3, 0.4) is 0 Å². The smallest absolute Gasteiger partial charge is 0.251 e. The third kappa shape index (κ3) is 2.38. The number of rotatable bonds is 2. The van der Waals surface area contributed by atoms with E-state index < -0.39 is 23.2 Å². The predicted molar refractivity (Wildman–Crippen MR) is 73.6 cm³/mol. The fourth-order valence-electron chi connectivity index (χ4n) is 2.19. The van der Waals surface area contributed by atoms with Crippen LogP contribution in [0.1, 0.15) is 32.4 Å². The van der Waals surface area contributed by atoms with Gasteiger partial charge in [-0.25, -0.2) is 4.39 Å². The quantitative estimate of drug-likeness (QED) is 0.795. The second-order valence-corrected chi connectivity index (χ2v) is 5.52. The van der Waals surface area contributed by atoms with E-state index in [9.17, 15) is 14.0 Å². The largest absolute Gasteiger partial charge is 0.346 e. The summed E-state index contributed by atoms with van der Waals surface area (Å²) in [7, 11) is 0. The van der Waals surface area contributed by atoms with Crippen LogP contribution >= 0.6 is 0 Å². The molecule has 0 aromatic heterocycles. The van der Waals surface area contributed by atoms with Crippen LogP contribution in [0.4, 0.5) is 10.1 Å². The molecule has 2 amide bonds. The summed E-state index contributed by atoms with van der Waals surface area (Å²) in [6, 6.07) is 4.32. The maximum Gasteiger partial charge on any atom is 0.251 e. The van der Waals surface area contributed by atoms with Gasteiger partial charge in [-0.2, -0.15) is 0 Å². The van der Waals surface area contributed by atoms with Gasteiger partial charge in [-0.15, -0.1) is 0 Å². The lowest BCUT2D eigenvalue weighted by molar-refractivity contribution is -0.135. The van der Waals surface area contributed by atoms with E-state index in [-0.39, 0.29) is 18.3 Å². The molecule has 1 heterocycles. The van der Waals surface area contributed by atoms with E-state index in [1.807, 2.05) is 0 Å². The summed E-state index contributed by atoms with van der Waals surface area (Å²) >= 11 is 0. The molecular formula is C14H18FN3O2. The highest BCUT2D eigenvalue weighted by atomic mass is 19.1. The zero-order chi connectivity index (χ0) is 15.1. The Balaban J connectivity index is 2.44. The molecule has 0 aliphatic carbocycles. The Morgan fingerprint density at radius 2 is 2.05 bits per heavy atom. The molecule has 6 heteroatoms. The molecule has 0 bridgehead atoms. The Bertz CT molecular complexity index is 570. The summed E-state index contributed by atoms with van der Waals surface area (Å²) in [5.74, 6) is -1.37. The third-order valence-electron chi connectivity index (χ3n) is 3.57. The topological polar surface area (TPSA) is 75.4 Å². The first-order chi connectivity index (χ1) is 9.23. The Morgan fingerprint density at radius 3 is 2.60 bits per heavy atom. The van der Waals surface area contributed by atoms with E-state index in [0.717, 1.165) is 0 Å². The van der Waals surface area contributed by atoms with Gasteiger partial charge in [-0.3, -0.25) is 14.9 Å². The number of nitrogens with zero attached hydrogens (tertiary/aromatic N) is 1. The van der Waals surface area contributed by atoms with Gasteiger partial charge < -0.3 is 10.6 Å². The minimum absolute atomic E-state index is 0.0623. The van der Waals surface area contributed by atoms with Crippen LogP contribution in [-0.4, -0.2) is 23.9 Å². The fourth-order valence-corrected chi connectivity index (χ4v) is 2.19. The van der Waals surface area contributed by atoms with E-state index in [1.54, 1.807) is 32.9 Å². The molecule has 108 valence electrons. The lowest BCUT2D eigenvalue weighted by Gasteiger charge is -2.41. The van der Waals surface area contributed by atoms with Gasteiger partial charge in [0.15, 0.2) is 0 Å². The molecule has 0 spiro atoms. The van der Waals surface area contributed by atoms with Gasteiger partial charge in [0.25, 0.3) is 5.91 Å². The molecule has 0 saturated carbocycles. The lowest BCUT2D eigenvalue weighted by Crippen LogP contribution is -2.64. The zero-order valence-corrected chi connectivity index (χ0v) is 11.7. The highest BCUT2D eigenvalue weighted by Crippen LogP contribution is 2.30. The SMILES string of the molecule is C[C@H](N)c1ccc(N2CC(=O)NC(=O)C2(C)C)c(F)c1. The molecule has 1 saturated heterocycles. The normalized spacial score (nSPS) is 19.8. The molecule has 2 rings (SSSR count). The van der Waals surface area contributed by atoms with Crippen molar-refractivity contribution in [2.75, 3.05) is 11.4 Å². The lowest BCUT2D eigenvalue weighted by atomic mass is 9.97. The van der Waals surface area contributed by atoms with Gasteiger partial charge in [0.05, 0.1) is 12.2 Å². The number of piperazine rings is 1. The van der Waals surface area contributed by atoms with Crippen molar-refractivity contribution in [3.05, 3.63) is 29.6 Å². The highest BCUT2D eigenvalue weighted by molar-refractivity contribution is 6.06. The van der Waals surface area contributed by atoms with E-state index >= 15 is 0 Å². The average molecular weight is 279 g/mol. The first-order valence-corrected chi connectivity index (χ1v) is 6.40. The summed E-state index contributed by atoms with van der Waals surface area (Å²) < 4.78 is 14.3. The molecule has 1 atom stereocenters. The number of hydrogen-bond donors (Lipinski definition) is 2. The van der Waals surface area contributed by atoms with Crippen molar-refractivity contribution in [2.24, 2.45) is 5.73 Å². The summed E-state index contributed by atoms with van der Waals surface area (Å²) in [6.45, 7) is 4.99. The maximum absolute atomic E-state index is 14.3. The van der Waals surface area contributed by atoms with Gasteiger partial charge in [-0.1, -0.05) is 6.07 Å². The van der Waals surface area contributed by atoms with Crippen molar-refractivity contribution < 1.29 is 14.0 Å². The second kappa shape index (κ2) is 4.86. The van der Waals surface area contributed by atoms with E-state index in [0.29, 0.717) is 5.56 Å². The van der Waals surface area contributed by atoms with Gasteiger partial charge in [0.2, 0.25) is 5.91 Å². The molecule has 3 N–H and O–H groups in total. The first kappa shape index (κ1) is 14.5. The molecule has 0 unspecified atom stereocenters. The molecule has 1 fully saturated rings. The Kier molecular flexibility index (Phi) is 3.52. The minimum Gasteiger partial charge on any atom is -0.346 e. The van der Waals surface area contributed by atoms with E-state index in [2.05, 4.69) is 5.32 Å². The Morgan fingerprint density at radius 1 is 1.40 bits per heavy atom. The summed E-state index contributed by atoms with van der Waals surface area (Å²) in [6.07, 6.45) is 0. The number of halogens is 1. The fraction of sp³-hybridized carbons (Fsp3) is 0.429. The van der Waals surface area contributed by atoms with Crippen molar-refractivity contribution in [3.8, 4) is 0 Å². The predicted octanol–water partition coefficient (Wildman–Crippen LogP) is 1.09. The maximum atomic E-state index is 14.3. The molecule has 1 aromatic rings. The van der Waals surface area contributed by atoms with E-state index in [4.69, 9.17) is 5.73 Å². The number of nitrogens with one attached hydrogen (secondary N) is 1. The Hall–Kier alpha value is -1.95. The molecular weight excluding hydrogens is 261 g/mol. The van der Waals surface area contributed by atoms with Crippen LogP contribution in [0, 0.1) is 5.82 Å². The standard InChI is InChI=1S/C14H18FN3O2/c1-8(16)9-4-5-11(10(15)6-9)18-7-12(19)17-13(20)14(18,2)3/h4-6,8H,7,16H2,1-3H3,(H,17,19,20)/t8-/m0/s1. The van der Waals surface area contributed by atoms with Crippen LogP contribution in [0.5, 0.6) is 0 Å². The third-order valence-corrected chi connectivity index (χ3v) is 3.57. The number of imide groups is 1. The summed E-state index contributed by atoms with van der Waals surface area (Å²) in [5, 5.41) is 2.26. The van der Waals surface area contributed by atoms with Crippen LogP contribution in [0.25, 0.3) is 0 Å². The van der Waals surface area contributed by atoms with Crippen molar-refractivity contribution in [1.82, 2.24) is 5.32 Å².